The van der Waals surface area contributed by atoms with Crippen molar-refractivity contribution in [3.8, 4) is 5.69 Å². The number of nitrogens with zero attached hydrogens (tertiary/aromatic N) is 2. The summed E-state index contributed by atoms with van der Waals surface area (Å²) >= 11 is 0. The molecule has 0 fully saturated rings. The summed E-state index contributed by atoms with van der Waals surface area (Å²) in [4.78, 5) is 15.4. The molecule has 2 N–H and O–H groups in total. The van der Waals surface area contributed by atoms with Crippen molar-refractivity contribution in [2.45, 2.75) is 19.6 Å². The van der Waals surface area contributed by atoms with Crippen molar-refractivity contribution in [2.75, 3.05) is 5.32 Å². The van der Waals surface area contributed by atoms with Crippen LogP contribution in [0.3, 0.4) is 0 Å². The van der Waals surface area contributed by atoms with Gasteiger partial charge in [0, 0.05) is 12.7 Å². The first-order valence-electron chi connectivity index (χ1n) is 8.02. The molecule has 0 unspecified atom stereocenters. The zero-order valence-corrected chi connectivity index (χ0v) is 14.3. The van der Waals surface area contributed by atoms with Gasteiger partial charge in [0.1, 0.15) is 0 Å². The van der Waals surface area contributed by atoms with Gasteiger partial charge in [0.05, 0.1) is 34.5 Å². The van der Waals surface area contributed by atoms with E-state index in [2.05, 4.69) is 10.3 Å². The predicted octanol–water partition coefficient (Wildman–Crippen LogP) is 4.51. The average Bonchev–Trinajstić information content (AvgIpc) is 3.05. The molecule has 0 bridgehead atoms. The van der Waals surface area contributed by atoms with Crippen molar-refractivity contribution in [3.05, 3.63) is 77.4 Å². The Morgan fingerprint density at radius 2 is 1.89 bits per heavy atom. The van der Waals surface area contributed by atoms with Crippen LogP contribution in [0.4, 0.5) is 18.9 Å². The van der Waals surface area contributed by atoms with Crippen molar-refractivity contribution in [2.24, 2.45) is 0 Å². The molecule has 0 aliphatic carbocycles. The number of alkyl halides is 3. The van der Waals surface area contributed by atoms with Gasteiger partial charge in [-0.2, -0.15) is 13.2 Å². The molecule has 8 heteroatoms. The quantitative estimate of drug-likeness (QED) is 0.689. The number of aryl methyl sites for hydroxylation is 1. The zero-order valence-electron chi connectivity index (χ0n) is 14.3. The molecule has 0 radical (unpaired) electrons. The molecular formula is C19H16F3N3O2. The Hall–Kier alpha value is -3.29. The lowest BCUT2D eigenvalue weighted by Gasteiger charge is -2.14. The molecule has 5 nitrogen and oxygen atoms in total. The Morgan fingerprint density at radius 1 is 1.19 bits per heavy atom. The highest BCUT2D eigenvalue weighted by molar-refractivity contribution is 5.89. The maximum atomic E-state index is 12.6. The SMILES string of the molecule is Cc1cn(-c2cc(C(=O)O)ccc2NCc2ccc(C(F)(F)F)cc2)cn1. The second-order valence-electron chi connectivity index (χ2n) is 6.01. The first kappa shape index (κ1) is 18.5. The van der Waals surface area contributed by atoms with Gasteiger partial charge in [-0.15, -0.1) is 0 Å². The maximum Gasteiger partial charge on any atom is 0.416 e. The van der Waals surface area contributed by atoms with Crippen LogP contribution >= 0.6 is 0 Å². The number of hydrogen-bond donors (Lipinski definition) is 2. The molecule has 27 heavy (non-hydrogen) atoms. The topological polar surface area (TPSA) is 67.2 Å². The molecule has 0 amide bonds. The average molecular weight is 375 g/mol. The van der Waals surface area contributed by atoms with E-state index in [1.165, 1.54) is 24.3 Å². The number of benzene rings is 2. The first-order chi connectivity index (χ1) is 12.7. The van der Waals surface area contributed by atoms with Crippen LogP contribution in [-0.4, -0.2) is 20.6 Å². The van der Waals surface area contributed by atoms with Crippen LogP contribution in [0.15, 0.2) is 55.0 Å². The summed E-state index contributed by atoms with van der Waals surface area (Å²) in [6.07, 6.45) is -1.05. The van der Waals surface area contributed by atoms with Gasteiger partial charge in [-0.3, -0.25) is 0 Å². The van der Waals surface area contributed by atoms with E-state index in [9.17, 15) is 23.1 Å². The highest BCUT2D eigenvalue weighted by Crippen LogP contribution is 2.29. The summed E-state index contributed by atoms with van der Waals surface area (Å²) in [6.45, 7) is 2.10. The van der Waals surface area contributed by atoms with Gasteiger partial charge in [-0.05, 0) is 42.8 Å². The minimum Gasteiger partial charge on any atom is -0.478 e. The van der Waals surface area contributed by atoms with Crippen LogP contribution in [0.25, 0.3) is 5.69 Å². The molecule has 140 valence electrons. The highest BCUT2D eigenvalue weighted by atomic mass is 19.4. The number of anilines is 1. The number of halogens is 3. The lowest BCUT2D eigenvalue weighted by molar-refractivity contribution is -0.137. The van der Waals surface area contributed by atoms with Gasteiger partial charge < -0.3 is 15.0 Å². The highest BCUT2D eigenvalue weighted by Gasteiger charge is 2.29. The number of rotatable bonds is 5. The van der Waals surface area contributed by atoms with Crippen LogP contribution in [-0.2, 0) is 12.7 Å². The number of imidazole rings is 1. The van der Waals surface area contributed by atoms with Crippen LogP contribution < -0.4 is 5.32 Å². The molecule has 0 aliphatic heterocycles. The normalized spacial score (nSPS) is 11.4. The van der Waals surface area contributed by atoms with Crippen LogP contribution in [0.1, 0.15) is 27.2 Å². The van der Waals surface area contributed by atoms with Gasteiger partial charge in [-0.25, -0.2) is 9.78 Å². The fourth-order valence-corrected chi connectivity index (χ4v) is 2.59. The van der Waals surface area contributed by atoms with Crippen LogP contribution in [0.5, 0.6) is 0 Å². The molecule has 0 atom stereocenters. The molecule has 0 saturated heterocycles. The Labute approximate surface area is 153 Å². The van der Waals surface area contributed by atoms with E-state index < -0.39 is 17.7 Å². The maximum absolute atomic E-state index is 12.6. The smallest absolute Gasteiger partial charge is 0.416 e. The van der Waals surface area contributed by atoms with Gasteiger partial charge in [0.15, 0.2) is 0 Å². The van der Waals surface area contributed by atoms with Crippen molar-refractivity contribution in [3.63, 3.8) is 0 Å². The van der Waals surface area contributed by atoms with E-state index in [4.69, 9.17) is 0 Å². The minimum atomic E-state index is -4.37. The zero-order chi connectivity index (χ0) is 19.6. The van der Waals surface area contributed by atoms with Crippen molar-refractivity contribution in [1.82, 2.24) is 9.55 Å². The van der Waals surface area contributed by atoms with Gasteiger partial charge >= 0.3 is 12.1 Å². The van der Waals surface area contributed by atoms with E-state index in [1.807, 2.05) is 6.92 Å². The minimum absolute atomic E-state index is 0.122. The summed E-state index contributed by atoms with van der Waals surface area (Å²) in [5, 5.41) is 12.4. The van der Waals surface area contributed by atoms with Gasteiger partial charge in [0.25, 0.3) is 0 Å². The lowest BCUT2D eigenvalue weighted by Crippen LogP contribution is -2.07. The third-order valence-electron chi connectivity index (χ3n) is 4.00. The fourth-order valence-electron chi connectivity index (χ4n) is 2.59. The van der Waals surface area contributed by atoms with Crippen molar-refractivity contribution < 1.29 is 23.1 Å². The monoisotopic (exact) mass is 375 g/mol. The van der Waals surface area contributed by atoms with Crippen LogP contribution in [0, 0.1) is 6.92 Å². The van der Waals surface area contributed by atoms with Crippen molar-refractivity contribution in [1.29, 1.82) is 0 Å². The van der Waals surface area contributed by atoms with E-state index in [0.29, 0.717) is 16.9 Å². The van der Waals surface area contributed by atoms with Gasteiger partial charge in [0.2, 0.25) is 0 Å². The summed E-state index contributed by atoms with van der Waals surface area (Å²) in [5.74, 6) is -1.05. The number of carboxylic acid groups (broad SMARTS) is 1. The van der Waals surface area contributed by atoms with E-state index in [1.54, 1.807) is 23.2 Å². The number of hydrogen-bond acceptors (Lipinski definition) is 3. The molecule has 0 saturated carbocycles. The number of aromatic carboxylic acids is 1. The molecule has 0 aliphatic rings. The lowest BCUT2D eigenvalue weighted by atomic mass is 10.1. The third-order valence-corrected chi connectivity index (χ3v) is 4.00. The third kappa shape index (κ3) is 4.28. The van der Waals surface area contributed by atoms with Gasteiger partial charge in [-0.1, -0.05) is 12.1 Å². The standard InChI is InChI=1S/C19H16F3N3O2/c1-12-10-25(11-24-12)17-8-14(18(26)27)4-7-16(17)23-9-13-2-5-15(6-3-13)19(20,21)22/h2-8,10-11,23H,9H2,1H3,(H,26,27). The molecular weight excluding hydrogens is 359 g/mol. The molecule has 0 spiro atoms. The van der Waals surface area contributed by atoms with E-state index in [0.717, 1.165) is 17.8 Å². The molecule has 2 aromatic carbocycles. The number of carbonyl (C=O) groups is 1. The number of nitrogens with one attached hydrogen (secondary N) is 1. The Morgan fingerprint density at radius 3 is 2.44 bits per heavy atom. The number of aromatic nitrogens is 2. The Balaban J connectivity index is 1.85. The second kappa shape index (κ2) is 7.14. The first-order valence-corrected chi connectivity index (χ1v) is 8.02. The largest absolute Gasteiger partial charge is 0.478 e. The summed E-state index contributed by atoms with van der Waals surface area (Å²) in [7, 11) is 0. The summed E-state index contributed by atoms with van der Waals surface area (Å²) < 4.78 is 39.6. The molecule has 1 heterocycles. The Bertz CT molecular complexity index is 963. The summed E-state index contributed by atoms with van der Waals surface area (Å²) in [6, 6.07) is 9.47. The molecule has 3 rings (SSSR count). The second-order valence-corrected chi connectivity index (χ2v) is 6.01. The van der Waals surface area contributed by atoms with Crippen molar-refractivity contribution >= 4 is 11.7 Å². The van der Waals surface area contributed by atoms with E-state index >= 15 is 0 Å². The molecule has 1 aromatic heterocycles. The Kier molecular flexibility index (Phi) is 4.89. The fraction of sp³-hybridized carbons (Fsp3) is 0.158. The predicted molar refractivity (Wildman–Crippen MR) is 94.0 cm³/mol. The number of carboxylic acids is 1. The van der Waals surface area contributed by atoms with E-state index in [-0.39, 0.29) is 12.1 Å². The van der Waals surface area contributed by atoms with Crippen LogP contribution in [0.2, 0.25) is 0 Å². The molecule has 3 aromatic rings. The summed E-state index contributed by atoms with van der Waals surface area (Å²) in [5.41, 5.74) is 2.07.